The Labute approximate surface area is 279 Å². The topological polar surface area (TPSA) is 64.9 Å². The number of hydrogen-bond donors (Lipinski definition) is 0. The average Bonchev–Trinajstić information content (AvgIpc) is 3.03. The number of carbonyl (C=O) groups excluding carboxylic acids is 1. The summed E-state index contributed by atoms with van der Waals surface area (Å²) in [6.07, 6.45) is -3.54. The lowest BCUT2D eigenvalue weighted by atomic mass is 9.95. The molecule has 0 bridgehead atoms. The summed E-state index contributed by atoms with van der Waals surface area (Å²) in [6, 6.07) is 3.65. The molecule has 252 valence electrons. The molecular formula is C33H37ClF4N6O2S. The highest BCUT2D eigenvalue weighted by Gasteiger charge is 2.41. The van der Waals surface area contributed by atoms with Gasteiger partial charge in [0.1, 0.15) is 11.6 Å². The number of thioether (sulfide) groups is 1. The summed E-state index contributed by atoms with van der Waals surface area (Å²) in [5, 5.41) is -0.0877. The molecule has 6 rings (SSSR count). The maximum atomic E-state index is 15.0. The van der Waals surface area contributed by atoms with E-state index in [4.69, 9.17) is 11.6 Å². The fourth-order valence-electron chi connectivity index (χ4n) is 7.25. The number of piperazine rings is 2. The van der Waals surface area contributed by atoms with Gasteiger partial charge in [-0.2, -0.15) is 18.2 Å². The zero-order valence-corrected chi connectivity index (χ0v) is 28.1. The van der Waals surface area contributed by atoms with Crippen LogP contribution >= 0.6 is 23.4 Å². The fraction of sp³-hybridized carbons (Fsp3) is 0.485. The van der Waals surface area contributed by atoms with Gasteiger partial charge in [-0.25, -0.2) is 9.18 Å². The van der Waals surface area contributed by atoms with E-state index < -0.39 is 23.2 Å². The number of benzene rings is 2. The molecular weight excluding hydrogens is 656 g/mol. The summed E-state index contributed by atoms with van der Waals surface area (Å²) in [5.74, 6) is -0.471. The largest absolute Gasteiger partial charge is 0.417 e. The van der Waals surface area contributed by atoms with Crippen molar-refractivity contribution in [3.63, 3.8) is 0 Å². The lowest BCUT2D eigenvalue weighted by molar-refractivity contribution is -0.137. The van der Waals surface area contributed by atoms with E-state index in [1.807, 2.05) is 13.8 Å². The SMILES string of the molecule is C=CC(=O)N1[C@H](C)CN(c2nc(=O)n3c4c(c(-c5ccc(F)c(Cl)c5)c(C(F)(F)F)cc24)SC[C@@H]3CN2CCN(CC)CC2)C[C@@H]1C. The highest BCUT2D eigenvalue weighted by atomic mass is 35.5. The molecule has 0 spiro atoms. The van der Waals surface area contributed by atoms with Crippen LogP contribution in [-0.2, 0) is 11.0 Å². The van der Waals surface area contributed by atoms with Crippen molar-refractivity contribution in [3.8, 4) is 11.1 Å². The molecule has 2 aromatic carbocycles. The van der Waals surface area contributed by atoms with E-state index in [0.29, 0.717) is 17.8 Å². The minimum absolute atomic E-state index is 0.110. The molecule has 0 unspecified atom stereocenters. The van der Waals surface area contributed by atoms with Crippen molar-refractivity contribution in [1.29, 1.82) is 0 Å². The van der Waals surface area contributed by atoms with Gasteiger partial charge in [-0.15, -0.1) is 11.8 Å². The van der Waals surface area contributed by atoms with E-state index in [0.717, 1.165) is 44.9 Å². The van der Waals surface area contributed by atoms with Gasteiger partial charge in [-0.05, 0) is 50.2 Å². The minimum Gasteiger partial charge on any atom is -0.352 e. The molecule has 8 nitrogen and oxygen atoms in total. The van der Waals surface area contributed by atoms with Crippen LogP contribution in [0.2, 0.25) is 5.02 Å². The molecule has 0 aliphatic carbocycles. The van der Waals surface area contributed by atoms with Crippen molar-refractivity contribution in [2.75, 3.05) is 63.0 Å². The monoisotopic (exact) mass is 692 g/mol. The maximum absolute atomic E-state index is 15.0. The highest BCUT2D eigenvalue weighted by Crippen LogP contribution is 2.50. The van der Waals surface area contributed by atoms with Crippen molar-refractivity contribution < 1.29 is 22.4 Å². The second-order valence-corrected chi connectivity index (χ2v) is 13.9. The third-order valence-corrected chi connectivity index (χ3v) is 11.0. The summed E-state index contributed by atoms with van der Waals surface area (Å²) in [6.45, 7) is 14.9. The lowest BCUT2D eigenvalue weighted by Gasteiger charge is -2.45. The molecule has 4 heterocycles. The summed E-state index contributed by atoms with van der Waals surface area (Å²) in [5.41, 5.74) is -1.11. The van der Waals surface area contributed by atoms with Crippen molar-refractivity contribution in [1.82, 2.24) is 24.3 Å². The molecule has 1 aromatic heterocycles. The number of carbonyl (C=O) groups is 1. The van der Waals surface area contributed by atoms with Crippen LogP contribution in [0.3, 0.4) is 0 Å². The second-order valence-electron chi connectivity index (χ2n) is 12.5. The van der Waals surface area contributed by atoms with Crippen molar-refractivity contribution >= 4 is 46.0 Å². The summed E-state index contributed by atoms with van der Waals surface area (Å²) in [7, 11) is 0. The third kappa shape index (κ3) is 6.27. The molecule has 3 aliphatic rings. The van der Waals surface area contributed by atoms with Gasteiger partial charge in [0, 0.05) is 79.5 Å². The number of aromatic nitrogens is 2. The molecule has 0 N–H and O–H groups in total. The Hall–Kier alpha value is -3.13. The predicted molar refractivity (Wildman–Crippen MR) is 178 cm³/mol. The first-order valence-electron chi connectivity index (χ1n) is 15.7. The Morgan fingerprint density at radius 2 is 1.77 bits per heavy atom. The Morgan fingerprint density at radius 1 is 1.11 bits per heavy atom. The first kappa shape index (κ1) is 33.8. The van der Waals surface area contributed by atoms with Crippen LogP contribution in [0.4, 0.5) is 23.4 Å². The zero-order chi connectivity index (χ0) is 33.8. The van der Waals surface area contributed by atoms with Crippen LogP contribution in [-0.4, -0.2) is 100 Å². The molecule has 3 aromatic rings. The zero-order valence-electron chi connectivity index (χ0n) is 26.5. The van der Waals surface area contributed by atoms with Gasteiger partial charge in [0.05, 0.1) is 22.1 Å². The summed E-state index contributed by atoms with van der Waals surface area (Å²) in [4.78, 5) is 39.6. The number of amides is 1. The van der Waals surface area contributed by atoms with E-state index in [1.165, 1.54) is 30.0 Å². The maximum Gasteiger partial charge on any atom is 0.417 e. The van der Waals surface area contributed by atoms with Gasteiger partial charge < -0.3 is 14.7 Å². The molecule has 2 fully saturated rings. The van der Waals surface area contributed by atoms with Crippen LogP contribution in [0.25, 0.3) is 22.0 Å². The number of rotatable bonds is 6. The third-order valence-electron chi connectivity index (χ3n) is 9.47. The Bertz CT molecular complexity index is 1760. The van der Waals surface area contributed by atoms with Gasteiger partial charge in [0.25, 0.3) is 0 Å². The number of hydrogen-bond acceptors (Lipinski definition) is 7. The van der Waals surface area contributed by atoms with E-state index >= 15 is 0 Å². The first-order chi connectivity index (χ1) is 22.3. The van der Waals surface area contributed by atoms with Gasteiger partial charge in [0.15, 0.2) is 0 Å². The Morgan fingerprint density at radius 3 is 2.36 bits per heavy atom. The van der Waals surface area contributed by atoms with Gasteiger partial charge in [0.2, 0.25) is 5.91 Å². The molecule has 3 aliphatic heterocycles. The van der Waals surface area contributed by atoms with E-state index in [1.54, 1.807) is 14.4 Å². The molecule has 14 heteroatoms. The van der Waals surface area contributed by atoms with E-state index in [-0.39, 0.29) is 69.4 Å². The normalized spacial score (nSPS) is 22.6. The molecule has 47 heavy (non-hydrogen) atoms. The van der Waals surface area contributed by atoms with Gasteiger partial charge in [-0.3, -0.25) is 14.3 Å². The predicted octanol–water partition coefficient (Wildman–Crippen LogP) is 5.77. The van der Waals surface area contributed by atoms with Crippen LogP contribution in [0, 0.1) is 5.82 Å². The van der Waals surface area contributed by atoms with Crippen LogP contribution in [0.5, 0.6) is 0 Å². The smallest absolute Gasteiger partial charge is 0.352 e. The summed E-state index contributed by atoms with van der Waals surface area (Å²) >= 11 is 7.36. The number of likely N-dealkylation sites (N-methyl/N-ethyl adjacent to an activating group) is 1. The van der Waals surface area contributed by atoms with E-state index in [9.17, 15) is 27.2 Å². The van der Waals surface area contributed by atoms with Crippen molar-refractivity contribution in [3.05, 3.63) is 63.8 Å². The molecule has 2 saturated heterocycles. The average molecular weight is 693 g/mol. The van der Waals surface area contributed by atoms with Gasteiger partial charge in [-0.1, -0.05) is 31.2 Å². The highest BCUT2D eigenvalue weighted by molar-refractivity contribution is 7.99. The van der Waals surface area contributed by atoms with Crippen LogP contribution in [0.15, 0.2) is 46.6 Å². The Balaban J connectivity index is 1.56. The van der Waals surface area contributed by atoms with Gasteiger partial charge >= 0.3 is 11.9 Å². The molecule has 0 saturated carbocycles. The second kappa shape index (κ2) is 13.1. The molecule has 3 atom stereocenters. The van der Waals surface area contributed by atoms with Crippen LogP contribution in [0.1, 0.15) is 32.4 Å². The molecule has 1 amide bonds. The van der Waals surface area contributed by atoms with Crippen LogP contribution < -0.4 is 10.6 Å². The first-order valence-corrected chi connectivity index (χ1v) is 17.1. The number of nitrogens with zero attached hydrogens (tertiary/aromatic N) is 6. The lowest BCUT2D eigenvalue weighted by Crippen LogP contribution is -2.58. The fourth-order valence-corrected chi connectivity index (χ4v) is 8.76. The minimum atomic E-state index is -4.79. The van der Waals surface area contributed by atoms with E-state index in [2.05, 4.69) is 28.3 Å². The standard InChI is InChI=1S/C33H37ClF4N6O2S/c1-5-27(45)43-19(3)15-42(16-20(43)4)31-23-14-24(33(36,37)38)28(21-7-8-26(35)25(34)13-21)30-29(23)44(32(46)39-31)22(18-47-30)17-41-11-9-40(6-2)10-12-41/h5,7-8,13-14,19-20,22H,1,6,9-12,15-18H2,2-4H3/t19-,20+,22-/m0/s1. The van der Waals surface area contributed by atoms with Crippen molar-refractivity contribution in [2.24, 2.45) is 0 Å². The number of alkyl halides is 3. The molecule has 0 radical (unpaired) electrons. The number of halogens is 5. The number of anilines is 1. The Kier molecular flexibility index (Phi) is 9.38. The quantitative estimate of drug-likeness (QED) is 0.240. The van der Waals surface area contributed by atoms with Crippen molar-refractivity contribution in [2.45, 2.75) is 50.0 Å². The summed E-state index contributed by atoms with van der Waals surface area (Å²) < 4.78 is 60.8.